The largest absolute Gasteiger partial charge is 0.493 e. The van der Waals surface area contributed by atoms with E-state index in [4.69, 9.17) is 24.5 Å². The van der Waals surface area contributed by atoms with Crippen LogP contribution in [0.4, 0.5) is 0 Å². The molecule has 0 bridgehead atoms. The van der Waals surface area contributed by atoms with Crippen LogP contribution in [0.15, 0.2) is 16.7 Å². The lowest BCUT2D eigenvalue weighted by atomic mass is 10.1. The Morgan fingerprint density at radius 2 is 1.82 bits per heavy atom. The lowest BCUT2D eigenvalue weighted by Gasteiger charge is -2.12. The molecule has 1 amide bonds. The molecule has 28 heavy (non-hydrogen) atoms. The number of benzene rings is 1. The average molecular weight is 392 g/mol. The summed E-state index contributed by atoms with van der Waals surface area (Å²) in [5.74, 6) is 2.08. The maximum absolute atomic E-state index is 12.0. The highest BCUT2D eigenvalue weighted by Crippen LogP contribution is 2.40. The topological polar surface area (TPSA) is 122 Å². The number of ether oxygens (including phenoxy) is 3. The van der Waals surface area contributed by atoms with E-state index >= 15 is 0 Å². The molecule has 1 atom stereocenters. The van der Waals surface area contributed by atoms with Gasteiger partial charge in [-0.3, -0.25) is 4.79 Å². The van der Waals surface area contributed by atoms with Crippen molar-refractivity contribution < 1.29 is 23.5 Å². The van der Waals surface area contributed by atoms with Crippen molar-refractivity contribution in [1.82, 2.24) is 15.5 Å². The van der Waals surface area contributed by atoms with Crippen LogP contribution in [0.5, 0.6) is 17.2 Å². The highest BCUT2D eigenvalue weighted by molar-refractivity contribution is 5.76. The number of carbonyl (C=O) groups excluding carboxylic acids is 1. The van der Waals surface area contributed by atoms with Gasteiger partial charge in [-0.2, -0.15) is 4.98 Å². The number of nitrogens with two attached hydrogens (primary N) is 1. The van der Waals surface area contributed by atoms with E-state index in [-0.39, 0.29) is 5.91 Å². The number of unbranched alkanes of at least 4 members (excludes halogenated alkanes) is 2. The van der Waals surface area contributed by atoms with Crippen LogP contribution in [0.25, 0.3) is 11.4 Å². The third-order valence-electron chi connectivity index (χ3n) is 4.22. The highest BCUT2D eigenvalue weighted by atomic mass is 16.5. The molecule has 154 valence electrons. The number of methoxy groups -OCH3 is 3. The van der Waals surface area contributed by atoms with E-state index in [0.717, 1.165) is 19.3 Å². The Labute approximate surface area is 164 Å². The minimum absolute atomic E-state index is 0.0583. The molecule has 0 saturated carbocycles. The molecule has 0 radical (unpaired) electrons. The lowest BCUT2D eigenvalue weighted by Crippen LogP contribution is -2.26. The van der Waals surface area contributed by atoms with Gasteiger partial charge in [0.15, 0.2) is 11.5 Å². The molecule has 1 aromatic heterocycles. The van der Waals surface area contributed by atoms with Crippen LogP contribution in [-0.4, -0.2) is 43.9 Å². The van der Waals surface area contributed by atoms with Crippen LogP contribution in [0, 0.1) is 0 Å². The second-order valence-corrected chi connectivity index (χ2v) is 6.26. The van der Waals surface area contributed by atoms with Crippen LogP contribution < -0.4 is 25.3 Å². The van der Waals surface area contributed by atoms with E-state index in [1.54, 1.807) is 19.1 Å². The molecule has 0 aliphatic rings. The minimum atomic E-state index is -0.398. The SMILES string of the molecule is COc1cc(-c2noc(C(C)NC(=O)CCCCCN)n2)cc(OC)c1OC. The number of nitrogens with zero attached hydrogens (tertiary/aromatic N) is 2. The van der Waals surface area contributed by atoms with Crippen molar-refractivity contribution >= 4 is 5.91 Å². The maximum Gasteiger partial charge on any atom is 0.249 e. The van der Waals surface area contributed by atoms with E-state index in [1.165, 1.54) is 21.3 Å². The number of amides is 1. The van der Waals surface area contributed by atoms with Crippen LogP contribution in [0.3, 0.4) is 0 Å². The Morgan fingerprint density at radius 1 is 1.14 bits per heavy atom. The summed E-state index contributed by atoms with van der Waals surface area (Å²) in [6.07, 6.45) is 3.10. The van der Waals surface area contributed by atoms with Gasteiger partial charge in [0.25, 0.3) is 0 Å². The van der Waals surface area contributed by atoms with Gasteiger partial charge in [0, 0.05) is 12.0 Å². The molecule has 9 nitrogen and oxygen atoms in total. The number of carbonyl (C=O) groups is 1. The molecule has 0 saturated heterocycles. The fraction of sp³-hybridized carbons (Fsp3) is 0.526. The quantitative estimate of drug-likeness (QED) is 0.559. The van der Waals surface area contributed by atoms with Gasteiger partial charge >= 0.3 is 0 Å². The standard InChI is InChI=1S/C19H28N4O5/c1-12(21-16(24)8-6-5-7-9-20)19-22-18(23-28-19)13-10-14(25-2)17(27-4)15(11-13)26-3/h10-12H,5-9,20H2,1-4H3,(H,21,24). The third-order valence-corrected chi connectivity index (χ3v) is 4.22. The molecule has 2 aromatic rings. The van der Waals surface area contributed by atoms with Crippen molar-refractivity contribution in [2.45, 2.75) is 38.6 Å². The van der Waals surface area contributed by atoms with Gasteiger partial charge in [-0.05, 0) is 38.4 Å². The van der Waals surface area contributed by atoms with Crippen molar-refractivity contribution in [3.63, 3.8) is 0 Å². The lowest BCUT2D eigenvalue weighted by molar-refractivity contribution is -0.122. The first-order valence-electron chi connectivity index (χ1n) is 9.17. The fourth-order valence-corrected chi connectivity index (χ4v) is 2.72. The van der Waals surface area contributed by atoms with Gasteiger partial charge in [0.2, 0.25) is 23.4 Å². The zero-order valence-electron chi connectivity index (χ0n) is 16.8. The summed E-state index contributed by atoms with van der Waals surface area (Å²) in [6.45, 7) is 2.44. The normalized spacial score (nSPS) is 11.8. The van der Waals surface area contributed by atoms with Crippen molar-refractivity contribution in [2.75, 3.05) is 27.9 Å². The molecule has 9 heteroatoms. The number of aromatic nitrogens is 2. The number of nitrogens with one attached hydrogen (secondary N) is 1. The van der Waals surface area contributed by atoms with E-state index in [0.29, 0.717) is 47.5 Å². The monoisotopic (exact) mass is 392 g/mol. The second kappa shape index (κ2) is 10.5. The van der Waals surface area contributed by atoms with Crippen LogP contribution >= 0.6 is 0 Å². The molecule has 3 N–H and O–H groups in total. The van der Waals surface area contributed by atoms with Crippen LogP contribution in [0.1, 0.15) is 44.5 Å². The smallest absolute Gasteiger partial charge is 0.249 e. The molecule has 0 aliphatic heterocycles. The van der Waals surface area contributed by atoms with Crippen LogP contribution in [-0.2, 0) is 4.79 Å². The Kier molecular flexibility index (Phi) is 8.06. The summed E-state index contributed by atoms with van der Waals surface area (Å²) in [6, 6.07) is 3.07. The molecular weight excluding hydrogens is 364 g/mol. The van der Waals surface area contributed by atoms with Gasteiger partial charge in [-0.1, -0.05) is 11.6 Å². The summed E-state index contributed by atoms with van der Waals surface area (Å²) >= 11 is 0. The van der Waals surface area contributed by atoms with E-state index in [2.05, 4.69) is 15.5 Å². The molecule has 2 rings (SSSR count). The predicted molar refractivity (Wildman–Crippen MR) is 103 cm³/mol. The zero-order chi connectivity index (χ0) is 20.5. The zero-order valence-corrected chi connectivity index (χ0v) is 16.8. The van der Waals surface area contributed by atoms with Gasteiger partial charge < -0.3 is 29.8 Å². The molecular formula is C19H28N4O5. The number of rotatable bonds is 11. The number of hydrogen-bond acceptors (Lipinski definition) is 8. The summed E-state index contributed by atoms with van der Waals surface area (Å²) in [5, 5.41) is 6.87. The Morgan fingerprint density at radius 3 is 2.39 bits per heavy atom. The van der Waals surface area contributed by atoms with Crippen molar-refractivity contribution in [2.24, 2.45) is 5.73 Å². The molecule has 0 aliphatic carbocycles. The first-order chi connectivity index (χ1) is 13.5. The first-order valence-corrected chi connectivity index (χ1v) is 9.17. The minimum Gasteiger partial charge on any atom is -0.493 e. The van der Waals surface area contributed by atoms with Gasteiger partial charge in [0.05, 0.1) is 21.3 Å². The highest BCUT2D eigenvalue weighted by Gasteiger charge is 2.20. The fourth-order valence-electron chi connectivity index (χ4n) is 2.72. The molecule has 1 heterocycles. The van der Waals surface area contributed by atoms with Gasteiger partial charge in [0.1, 0.15) is 6.04 Å². The van der Waals surface area contributed by atoms with E-state index < -0.39 is 6.04 Å². The third kappa shape index (κ3) is 5.35. The summed E-state index contributed by atoms with van der Waals surface area (Å²) in [4.78, 5) is 16.4. The van der Waals surface area contributed by atoms with Crippen molar-refractivity contribution in [1.29, 1.82) is 0 Å². The Bertz CT molecular complexity index is 752. The Balaban J connectivity index is 2.10. The first kappa shape index (κ1) is 21.5. The maximum atomic E-state index is 12.0. The van der Waals surface area contributed by atoms with Crippen molar-refractivity contribution in [3.8, 4) is 28.6 Å². The second-order valence-electron chi connectivity index (χ2n) is 6.26. The van der Waals surface area contributed by atoms with Crippen LogP contribution in [0.2, 0.25) is 0 Å². The molecule has 1 aromatic carbocycles. The van der Waals surface area contributed by atoms with Crippen molar-refractivity contribution in [3.05, 3.63) is 18.0 Å². The summed E-state index contributed by atoms with van der Waals surface area (Å²) in [7, 11) is 4.61. The van der Waals surface area contributed by atoms with Gasteiger partial charge in [-0.25, -0.2) is 0 Å². The molecule has 0 fully saturated rings. The van der Waals surface area contributed by atoms with E-state index in [1.807, 2.05) is 0 Å². The summed E-state index contributed by atoms with van der Waals surface area (Å²) < 4.78 is 21.3. The van der Waals surface area contributed by atoms with E-state index in [9.17, 15) is 4.79 Å². The Hall–Kier alpha value is -2.81. The summed E-state index contributed by atoms with van der Waals surface area (Å²) in [5.41, 5.74) is 6.10. The predicted octanol–water partition coefficient (Wildman–Crippen LogP) is 2.46. The number of hydrogen-bond donors (Lipinski definition) is 2. The van der Waals surface area contributed by atoms with Gasteiger partial charge in [-0.15, -0.1) is 0 Å². The molecule has 1 unspecified atom stereocenters. The molecule has 0 spiro atoms. The average Bonchev–Trinajstić information content (AvgIpc) is 3.20.